The molecule has 3 N–H and O–H groups in total. The molecule has 0 unspecified atom stereocenters. The Balaban J connectivity index is 2.10. The molecule has 0 saturated heterocycles. The summed E-state index contributed by atoms with van der Waals surface area (Å²) in [6, 6.07) is 17.9. The minimum atomic E-state index is 0.732. The van der Waals surface area contributed by atoms with E-state index in [0.717, 1.165) is 34.0 Å². The third-order valence-electron chi connectivity index (χ3n) is 3.15. The van der Waals surface area contributed by atoms with Gasteiger partial charge in [-0.05, 0) is 19.1 Å². The van der Waals surface area contributed by atoms with E-state index in [-0.39, 0.29) is 0 Å². The summed E-state index contributed by atoms with van der Waals surface area (Å²) in [5, 5.41) is 0. The van der Waals surface area contributed by atoms with Crippen molar-refractivity contribution in [1.29, 1.82) is 0 Å². The molecule has 0 aliphatic rings. The van der Waals surface area contributed by atoms with Gasteiger partial charge in [0.25, 0.3) is 0 Å². The number of aromatic nitrogens is 2. The fourth-order valence-corrected chi connectivity index (χ4v) is 2.18. The number of nitrogens with zero attached hydrogens (tertiary/aromatic N) is 1. The number of aryl methyl sites for hydroxylation is 1. The summed E-state index contributed by atoms with van der Waals surface area (Å²) < 4.78 is 0. The first-order chi connectivity index (χ1) is 9.25. The summed E-state index contributed by atoms with van der Waals surface area (Å²) in [6.45, 7) is 2.03. The smallest absolute Gasteiger partial charge is 0.140 e. The Kier molecular flexibility index (Phi) is 2.80. The molecular formula is C16H15N3. The molecule has 0 bridgehead atoms. The predicted molar refractivity (Wildman–Crippen MR) is 78.6 cm³/mol. The topological polar surface area (TPSA) is 54.7 Å². The summed E-state index contributed by atoms with van der Waals surface area (Å²) in [5.41, 5.74) is 10.8. The fraction of sp³-hybridized carbons (Fsp3) is 0.0625. The second-order valence-corrected chi connectivity index (χ2v) is 4.51. The molecule has 3 nitrogen and oxygen atoms in total. The molecule has 0 saturated carbocycles. The van der Waals surface area contributed by atoms with Gasteiger partial charge in [0.15, 0.2) is 0 Å². The van der Waals surface area contributed by atoms with Crippen LogP contribution >= 0.6 is 0 Å². The molecule has 0 atom stereocenters. The molecule has 0 spiro atoms. The van der Waals surface area contributed by atoms with E-state index in [1.807, 2.05) is 49.4 Å². The monoisotopic (exact) mass is 249 g/mol. The van der Waals surface area contributed by atoms with Crippen LogP contribution in [0.15, 0.2) is 54.6 Å². The van der Waals surface area contributed by atoms with Crippen molar-refractivity contribution in [3.63, 3.8) is 0 Å². The van der Waals surface area contributed by atoms with Crippen LogP contribution in [0, 0.1) is 6.92 Å². The van der Waals surface area contributed by atoms with Crippen LogP contribution in [0.1, 0.15) is 5.69 Å². The SMILES string of the molecule is Cc1[nH]c(-c2ccccc2N)nc1-c1ccccc1. The van der Waals surface area contributed by atoms with Crippen molar-refractivity contribution in [2.24, 2.45) is 0 Å². The maximum atomic E-state index is 5.99. The third kappa shape index (κ3) is 2.10. The molecule has 0 aliphatic carbocycles. The van der Waals surface area contributed by atoms with Crippen molar-refractivity contribution in [3.8, 4) is 22.6 Å². The molecule has 3 heteroatoms. The minimum Gasteiger partial charge on any atom is -0.398 e. The maximum absolute atomic E-state index is 5.99. The molecule has 2 aromatic carbocycles. The van der Waals surface area contributed by atoms with E-state index >= 15 is 0 Å². The highest BCUT2D eigenvalue weighted by atomic mass is 14.9. The number of anilines is 1. The number of nitrogens with two attached hydrogens (primary N) is 1. The van der Waals surface area contributed by atoms with Gasteiger partial charge in [-0.15, -0.1) is 0 Å². The Labute approximate surface area is 112 Å². The van der Waals surface area contributed by atoms with Crippen molar-refractivity contribution in [1.82, 2.24) is 9.97 Å². The van der Waals surface area contributed by atoms with Crippen LogP contribution in [-0.2, 0) is 0 Å². The number of benzene rings is 2. The minimum absolute atomic E-state index is 0.732. The van der Waals surface area contributed by atoms with Crippen LogP contribution in [0.2, 0.25) is 0 Å². The zero-order valence-electron chi connectivity index (χ0n) is 10.7. The largest absolute Gasteiger partial charge is 0.398 e. The quantitative estimate of drug-likeness (QED) is 0.681. The first kappa shape index (κ1) is 11.5. The van der Waals surface area contributed by atoms with Gasteiger partial charge in [0, 0.05) is 22.5 Å². The summed E-state index contributed by atoms with van der Waals surface area (Å²) in [7, 11) is 0. The average Bonchev–Trinajstić information content (AvgIpc) is 2.82. The molecule has 3 aromatic rings. The summed E-state index contributed by atoms with van der Waals surface area (Å²) in [6.07, 6.45) is 0. The van der Waals surface area contributed by atoms with Gasteiger partial charge in [0.2, 0.25) is 0 Å². The van der Waals surface area contributed by atoms with Crippen LogP contribution in [0.4, 0.5) is 5.69 Å². The number of hydrogen-bond acceptors (Lipinski definition) is 2. The molecular weight excluding hydrogens is 234 g/mol. The number of rotatable bonds is 2. The first-order valence-electron chi connectivity index (χ1n) is 6.22. The van der Waals surface area contributed by atoms with Crippen molar-refractivity contribution < 1.29 is 0 Å². The van der Waals surface area contributed by atoms with Gasteiger partial charge in [-0.2, -0.15) is 0 Å². The van der Waals surface area contributed by atoms with Crippen LogP contribution in [0.25, 0.3) is 22.6 Å². The van der Waals surface area contributed by atoms with Crippen molar-refractivity contribution in [2.45, 2.75) is 6.92 Å². The average molecular weight is 249 g/mol. The van der Waals surface area contributed by atoms with Crippen LogP contribution in [0.3, 0.4) is 0 Å². The Bertz CT molecular complexity index is 699. The summed E-state index contributed by atoms with van der Waals surface area (Å²) in [4.78, 5) is 7.98. The Hall–Kier alpha value is -2.55. The number of para-hydroxylation sites is 1. The molecule has 3 rings (SSSR count). The molecule has 94 valence electrons. The number of aromatic amines is 1. The van der Waals surface area contributed by atoms with Gasteiger partial charge in [0.05, 0.1) is 5.69 Å². The number of hydrogen-bond donors (Lipinski definition) is 2. The molecule has 19 heavy (non-hydrogen) atoms. The normalized spacial score (nSPS) is 10.6. The van der Waals surface area contributed by atoms with Gasteiger partial charge < -0.3 is 10.7 Å². The fourth-order valence-electron chi connectivity index (χ4n) is 2.18. The zero-order chi connectivity index (χ0) is 13.2. The van der Waals surface area contributed by atoms with E-state index in [4.69, 9.17) is 5.73 Å². The lowest BCUT2D eigenvalue weighted by atomic mass is 10.1. The molecule has 0 aliphatic heterocycles. The van der Waals surface area contributed by atoms with Crippen LogP contribution in [0.5, 0.6) is 0 Å². The molecule has 1 heterocycles. The highest BCUT2D eigenvalue weighted by Gasteiger charge is 2.11. The first-order valence-corrected chi connectivity index (χ1v) is 6.22. The summed E-state index contributed by atoms with van der Waals surface area (Å²) >= 11 is 0. The molecule has 1 aromatic heterocycles. The third-order valence-corrected chi connectivity index (χ3v) is 3.15. The highest BCUT2D eigenvalue weighted by Crippen LogP contribution is 2.28. The molecule has 0 radical (unpaired) electrons. The number of H-pyrrole nitrogens is 1. The predicted octanol–water partition coefficient (Wildman–Crippen LogP) is 3.63. The Morgan fingerprint density at radius 1 is 0.947 bits per heavy atom. The summed E-state index contributed by atoms with van der Waals surface area (Å²) in [5.74, 6) is 0.814. The number of nitrogen functional groups attached to an aromatic ring is 1. The second-order valence-electron chi connectivity index (χ2n) is 4.51. The highest BCUT2D eigenvalue weighted by molar-refractivity contribution is 5.74. The Morgan fingerprint density at radius 3 is 2.37 bits per heavy atom. The zero-order valence-corrected chi connectivity index (χ0v) is 10.7. The Morgan fingerprint density at radius 2 is 1.63 bits per heavy atom. The van der Waals surface area contributed by atoms with Crippen molar-refractivity contribution in [2.75, 3.05) is 5.73 Å². The lowest BCUT2D eigenvalue weighted by Crippen LogP contribution is -1.90. The van der Waals surface area contributed by atoms with Crippen molar-refractivity contribution in [3.05, 3.63) is 60.3 Å². The van der Waals surface area contributed by atoms with Gasteiger partial charge in [-0.1, -0.05) is 42.5 Å². The van der Waals surface area contributed by atoms with Gasteiger partial charge in [-0.3, -0.25) is 0 Å². The molecule has 0 amide bonds. The van der Waals surface area contributed by atoms with Gasteiger partial charge >= 0.3 is 0 Å². The maximum Gasteiger partial charge on any atom is 0.140 e. The van der Waals surface area contributed by atoms with E-state index < -0.39 is 0 Å². The second kappa shape index (κ2) is 4.61. The number of nitrogens with one attached hydrogen (secondary N) is 1. The number of imidazole rings is 1. The lowest BCUT2D eigenvalue weighted by Gasteiger charge is -2.00. The lowest BCUT2D eigenvalue weighted by molar-refractivity contribution is 1.26. The van der Waals surface area contributed by atoms with E-state index in [1.54, 1.807) is 0 Å². The van der Waals surface area contributed by atoms with Gasteiger partial charge in [0.1, 0.15) is 5.82 Å². The van der Waals surface area contributed by atoms with E-state index in [2.05, 4.69) is 22.1 Å². The van der Waals surface area contributed by atoms with Crippen LogP contribution in [-0.4, -0.2) is 9.97 Å². The molecule has 0 fully saturated rings. The standard InChI is InChI=1S/C16H15N3/c1-11-15(12-7-3-2-4-8-12)19-16(18-11)13-9-5-6-10-14(13)17/h2-10H,17H2,1H3,(H,18,19). The van der Waals surface area contributed by atoms with Gasteiger partial charge in [-0.25, -0.2) is 4.98 Å². The van der Waals surface area contributed by atoms with E-state index in [9.17, 15) is 0 Å². The van der Waals surface area contributed by atoms with E-state index in [1.165, 1.54) is 0 Å². The van der Waals surface area contributed by atoms with Crippen molar-refractivity contribution >= 4 is 5.69 Å². The van der Waals surface area contributed by atoms with Crippen LogP contribution < -0.4 is 5.73 Å². The van der Waals surface area contributed by atoms with E-state index in [0.29, 0.717) is 0 Å².